The third kappa shape index (κ3) is 4.68. The van der Waals surface area contributed by atoms with Gasteiger partial charge in [-0.2, -0.15) is 0 Å². The molecule has 150 valence electrons. The second kappa shape index (κ2) is 8.67. The Bertz CT molecular complexity index is 669. The number of nitrogens with zero attached hydrogens (tertiary/aromatic N) is 3. The molecule has 2 fully saturated rings. The number of hydrogen-bond donors (Lipinski definition) is 0. The average Bonchev–Trinajstić information content (AvgIpc) is 2.80. The molecule has 1 amide bonds. The Balaban J connectivity index is 1.68. The van der Waals surface area contributed by atoms with Crippen LogP contribution in [-0.4, -0.2) is 79.6 Å². The lowest BCUT2D eigenvalue weighted by Crippen LogP contribution is -2.60. The summed E-state index contributed by atoms with van der Waals surface area (Å²) in [6.07, 6.45) is 2.47. The number of likely N-dealkylation sites (tertiary alicyclic amines) is 1. The Morgan fingerprint density at radius 1 is 1.22 bits per heavy atom. The van der Waals surface area contributed by atoms with Crippen molar-refractivity contribution in [3.05, 3.63) is 35.1 Å². The lowest BCUT2D eigenvalue weighted by atomic mass is 9.86. The number of piperazine rings is 1. The second-order valence-corrected chi connectivity index (χ2v) is 8.06. The fourth-order valence-electron chi connectivity index (χ4n) is 4.41. The summed E-state index contributed by atoms with van der Waals surface area (Å²) in [5, 5.41) is 0. The molecule has 2 saturated heterocycles. The number of hydrogen-bond acceptors (Lipinski definition) is 4. The van der Waals surface area contributed by atoms with Gasteiger partial charge in [0.05, 0.1) is 6.61 Å². The molecular weight excluding hydrogens is 345 g/mol. The highest BCUT2D eigenvalue weighted by atomic mass is 19.1. The molecule has 2 aliphatic rings. The van der Waals surface area contributed by atoms with Gasteiger partial charge in [0.25, 0.3) is 0 Å². The van der Waals surface area contributed by atoms with Gasteiger partial charge in [-0.25, -0.2) is 4.39 Å². The number of amides is 1. The highest BCUT2D eigenvalue weighted by molar-refractivity contribution is 5.76. The number of methoxy groups -OCH3 is 1. The molecule has 0 bridgehead atoms. The second-order valence-electron chi connectivity index (χ2n) is 8.06. The van der Waals surface area contributed by atoms with Crippen molar-refractivity contribution in [1.82, 2.24) is 14.7 Å². The van der Waals surface area contributed by atoms with E-state index < -0.39 is 0 Å². The quantitative estimate of drug-likeness (QED) is 0.789. The van der Waals surface area contributed by atoms with Gasteiger partial charge in [-0.3, -0.25) is 14.6 Å². The smallest absolute Gasteiger partial charge is 0.222 e. The van der Waals surface area contributed by atoms with Gasteiger partial charge in [-0.15, -0.1) is 0 Å². The summed E-state index contributed by atoms with van der Waals surface area (Å²) in [7, 11) is 3.86. The van der Waals surface area contributed by atoms with Crippen molar-refractivity contribution >= 4 is 5.91 Å². The molecule has 27 heavy (non-hydrogen) atoms. The van der Waals surface area contributed by atoms with Crippen molar-refractivity contribution in [3.8, 4) is 0 Å². The standard InChI is InChI=1S/C21H32FN3O2/c1-17-14-18(4-5-19(17)22)15-24-11-10-23(2)21(16-24)7-6-20(26)25(9-8-21)12-13-27-3/h4-5,14H,6-13,15-16H2,1-3H3/t21-/m0/s1. The molecule has 0 unspecified atom stereocenters. The van der Waals surface area contributed by atoms with Crippen LogP contribution in [0.5, 0.6) is 0 Å². The van der Waals surface area contributed by atoms with Crippen LogP contribution in [0.2, 0.25) is 0 Å². The third-order valence-electron chi connectivity index (χ3n) is 6.28. The summed E-state index contributed by atoms with van der Waals surface area (Å²) in [5.41, 5.74) is 1.88. The van der Waals surface area contributed by atoms with Crippen LogP contribution < -0.4 is 0 Å². The molecule has 0 radical (unpaired) electrons. The molecule has 2 heterocycles. The SMILES string of the molecule is COCCN1CC[C@@]2(CCC1=O)CN(Cc1ccc(F)c(C)c1)CCN2C. The van der Waals surface area contributed by atoms with Crippen LogP contribution >= 0.6 is 0 Å². The predicted molar refractivity (Wildman–Crippen MR) is 104 cm³/mol. The first-order chi connectivity index (χ1) is 12.9. The van der Waals surface area contributed by atoms with E-state index in [2.05, 4.69) is 16.8 Å². The molecule has 6 heteroatoms. The largest absolute Gasteiger partial charge is 0.383 e. The van der Waals surface area contributed by atoms with Crippen LogP contribution in [0.25, 0.3) is 0 Å². The van der Waals surface area contributed by atoms with Crippen LogP contribution in [0.15, 0.2) is 18.2 Å². The molecule has 5 nitrogen and oxygen atoms in total. The first kappa shape index (κ1) is 20.2. The van der Waals surface area contributed by atoms with E-state index in [4.69, 9.17) is 4.74 Å². The Hall–Kier alpha value is -1.50. The zero-order valence-electron chi connectivity index (χ0n) is 16.8. The van der Waals surface area contributed by atoms with Crippen molar-refractivity contribution in [3.63, 3.8) is 0 Å². The Labute approximate surface area is 162 Å². The Morgan fingerprint density at radius 2 is 2.04 bits per heavy atom. The van der Waals surface area contributed by atoms with E-state index in [0.717, 1.165) is 51.1 Å². The number of likely N-dealkylation sites (N-methyl/N-ethyl adjacent to an activating group) is 1. The number of benzene rings is 1. The van der Waals surface area contributed by atoms with Crippen LogP contribution in [0.3, 0.4) is 0 Å². The van der Waals surface area contributed by atoms with Crippen LogP contribution in [0.1, 0.15) is 30.4 Å². The highest BCUT2D eigenvalue weighted by Gasteiger charge is 2.42. The minimum atomic E-state index is -0.146. The summed E-state index contributed by atoms with van der Waals surface area (Å²) in [4.78, 5) is 19.4. The van der Waals surface area contributed by atoms with Gasteiger partial charge in [0.1, 0.15) is 5.82 Å². The van der Waals surface area contributed by atoms with Crippen molar-refractivity contribution in [2.75, 3.05) is 53.5 Å². The van der Waals surface area contributed by atoms with E-state index in [-0.39, 0.29) is 17.3 Å². The Morgan fingerprint density at radius 3 is 2.78 bits per heavy atom. The molecule has 0 N–H and O–H groups in total. The molecule has 0 aromatic heterocycles. The van der Waals surface area contributed by atoms with Crippen LogP contribution in [0.4, 0.5) is 4.39 Å². The maximum Gasteiger partial charge on any atom is 0.222 e. The fourth-order valence-corrected chi connectivity index (χ4v) is 4.41. The first-order valence-electron chi connectivity index (χ1n) is 9.89. The Kier molecular flexibility index (Phi) is 6.50. The maximum absolute atomic E-state index is 13.6. The van der Waals surface area contributed by atoms with Gasteiger partial charge < -0.3 is 9.64 Å². The number of rotatable bonds is 5. The van der Waals surface area contributed by atoms with E-state index in [1.54, 1.807) is 13.2 Å². The number of aryl methyl sites for hydroxylation is 1. The fraction of sp³-hybridized carbons (Fsp3) is 0.667. The lowest BCUT2D eigenvalue weighted by molar-refractivity contribution is -0.131. The molecule has 0 aliphatic carbocycles. The van der Waals surface area contributed by atoms with Gasteiger partial charge in [0.15, 0.2) is 0 Å². The average molecular weight is 378 g/mol. The summed E-state index contributed by atoms with van der Waals surface area (Å²) >= 11 is 0. The van der Waals surface area contributed by atoms with Crippen molar-refractivity contribution in [2.24, 2.45) is 0 Å². The number of halogens is 1. The molecule has 1 spiro atoms. The minimum absolute atomic E-state index is 0.0325. The van der Waals surface area contributed by atoms with Gasteiger partial charge in [-0.05, 0) is 44.0 Å². The first-order valence-corrected chi connectivity index (χ1v) is 9.89. The minimum Gasteiger partial charge on any atom is -0.383 e. The number of ether oxygens (including phenoxy) is 1. The summed E-state index contributed by atoms with van der Waals surface area (Å²) in [6.45, 7) is 7.63. The topological polar surface area (TPSA) is 36.0 Å². The highest BCUT2D eigenvalue weighted by Crippen LogP contribution is 2.32. The third-order valence-corrected chi connectivity index (χ3v) is 6.28. The van der Waals surface area contributed by atoms with E-state index in [0.29, 0.717) is 25.1 Å². The van der Waals surface area contributed by atoms with E-state index in [1.807, 2.05) is 24.0 Å². The molecule has 1 atom stereocenters. The summed E-state index contributed by atoms with van der Waals surface area (Å²) in [5.74, 6) is 0.0932. The van der Waals surface area contributed by atoms with E-state index >= 15 is 0 Å². The molecule has 1 aromatic carbocycles. The van der Waals surface area contributed by atoms with Crippen LogP contribution in [0, 0.1) is 12.7 Å². The zero-order valence-corrected chi connectivity index (χ0v) is 16.8. The molecule has 0 saturated carbocycles. The number of carbonyl (C=O) groups excluding carboxylic acids is 1. The van der Waals surface area contributed by atoms with Gasteiger partial charge in [0.2, 0.25) is 5.91 Å². The zero-order chi connectivity index (χ0) is 19.4. The van der Waals surface area contributed by atoms with Crippen LogP contribution in [-0.2, 0) is 16.1 Å². The van der Waals surface area contributed by atoms with Gasteiger partial charge >= 0.3 is 0 Å². The lowest BCUT2D eigenvalue weighted by Gasteiger charge is -2.49. The monoisotopic (exact) mass is 377 g/mol. The summed E-state index contributed by atoms with van der Waals surface area (Å²) in [6, 6.07) is 5.40. The molecule has 2 aliphatic heterocycles. The molecule has 1 aromatic rings. The maximum atomic E-state index is 13.6. The van der Waals surface area contributed by atoms with Gasteiger partial charge in [-0.1, -0.05) is 12.1 Å². The van der Waals surface area contributed by atoms with Crippen molar-refractivity contribution in [2.45, 2.75) is 38.3 Å². The molecular formula is C21H32FN3O2. The predicted octanol–water partition coefficient (Wildman–Crippen LogP) is 2.28. The summed E-state index contributed by atoms with van der Waals surface area (Å²) < 4.78 is 18.7. The number of carbonyl (C=O) groups is 1. The molecule has 3 rings (SSSR count). The van der Waals surface area contributed by atoms with Crippen molar-refractivity contribution < 1.29 is 13.9 Å². The van der Waals surface area contributed by atoms with E-state index in [9.17, 15) is 9.18 Å². The normalized spacial score (nSPS) is 25.2. The van der Waals surface area contributed by atoms with Gasteiger partial charge in [0, 0.05) is 58.3 Å². The van der Waals surface area contributed by atoms with Crippen molar-refractivity contribution in [1.29, 1.82) is 0 Å². The van der Waals surface area contributed by atoms with E-state index in [1.165, 1.54) is 0 Å².